The van der Waals surface area contributed by atoms with E-state index in [1.807, 2.05) is 37.3 Å². The van der Waals surface area contributed by atoms with Gasteiger partial charge in [0.2, 0.25) is 15.9 Å². The van der Waals surface area contributed by atoms with Gasteiger partial charge < -0.3 is 15.8 Å². The number of nitrogens with zero attached hydrogens (tertiary/aromatic N) is 2. The van der Waals surface area contributed by atoms with Crippen LogP contribution in [0.2, 0.25) is 0 Å². The summed E-state index contributed by atoms with van der Waals surface area (Å²) < 4.78 is 30.8. The number of allylic oxidation sites excluding steroid dienone is 1. The van der Waals surface area contributed by atoms with Crippen LogP contribution in [0, 0.1) is 6.92 Å². The van der Waals surface area contributed by atoms with Crippen LogP contribution in [0.25, 0.3) is 17.2 Å². The Balaban J connectivity index is 1.44. The smallest absolute Gasteiger partial charge is 0.262 e. The average molecular weight is 559 g/mol. The number of amides is 2. The molecule has 3 N–H and O–H groups in total. The number of anilines is 1. The number of hydrogen-bond acceptors (Lipinski definition) is 6. The highest BCUT2D eigenvalue weighted by Gasteiger charge is 2.27. The first kappa shape index (κ1) is 27.3. The van der Waals surface area contributed by atoms with E-state index in [-0.39, 0.29) is 12.5 Å². The number of nitrogens with one attached hydrogen (secondary N) is 1. The van der Waals surface area contributed by atoms with Gasteiger partial charge in [-0.15, -0.1) is 0 Å². The van der Waals surface area contributed by atoms with Crippen LogP contribution in [0.15, 0.2) is 72.1 Å². The largest absolute Gasteiger partial charge is 0.482 e. The van der Waals surface area contributed by atoms with E-state index in [1.165, 1.54) is 10.6 Å². The van der Waals surface area contributed by atoms with Gasteiger partial charge in [0.1, 0.15) is 5.75 Å². The van der Waals surface area contributed by atoms with E-state index in [0.29, 0.717) is 42.9 Å². The van der Waals surface area contributed by atoms with Crippen LogP contribution in [0.3, 0.4) is 0 Å². The Morgan fingerprint density at radius 3 is 2.60 bits per heavy atom. The Hall–Kier alpha value is -4.28. The molecule has 0 bridgehead atoms. The molecule has 2 aromatic carbocycles. The number of primary amides is 1. The summed E-state index contributed by atoms with van der Waals surface area (Å²) in [5, 5.41) is 2.93. The van der Waals surface area contributed by atoms with Crippen molar-refractivity contribution in [2.45, 2.75) is 19.8 Å². The molecule has 9 nitrogen and oxygen atoms in total. The van der Waals surface area contributed by atoms with Crippen molar-refractivity contribution in [3.63, 3.8) is 0 Å². The van der Waals surface area contributed by atoms with Crippen molar-refractivity contribution in [1.29, 1.82) is 0 Å². The lowest BCUT2D eigenvalue weighted by molar-refractivity contribution is -0.118. The SMILES string of the molecule is Cc1c(NC(=O)COc2cccnc2)cccc1-c1ccc(C(N)=O)c2c1C=C(C1=CCN(S(C)(=O)=O)CC1)C2. The molecule has 0 unspecified atom stereocenters. The second-order valence-electron chi connectivity index (χ2n) is 9.87. The van der Waals surface area contributed by atoms with E-state index in [2.05, 4.69) is 16.4 Å². The van der Waals surface area contributed by atoms with Gasteiger partial charge in [0.05, 0.1) is 12.5 Å². The number of aromatic nitrogens is 1. The lowest BCUT2D eigenvalue weighted by Crippen LogP contribution is -2.34. The van der Waals surface area contributed by atoms with Gasteiger partial charge in [-0.1, -0.05) is 30.4 Å². The number of fused-ring (bicyclic) bond motifs is 1. The fraction of sp³-hybridized carbons (Fsp3) is 0.233. The quantitative estimate of drug-likeness (QED) is 0.433. The highest BCUT2D eigenvalue weighted by atomic mass is 32.2. The molecule has 0 saturated carbocycles. The van der Waals surface area contributed by atoms with Gasteiger partial charge in [0.25, 0.3) is 5.91 Å². The maximum atomic E-state index is 12.6. The van der Waals surface area contributed by atoms with Crippen molar-refractivity contribution in [2.24, 2.45) is 5.73 Å². The molecule has 1 aliphatic carbocycles. The zero-order valence-corrected chi connectivity index (χ0v) is 23.1. The molecule has 2 amide bonds. The average Bonchev–Trinajstić information content (AvgIpc) is 3.38. The molecule has 206 valence electrons. The maximum Gasteiger partial charge on any atom is 0.262 e. The summed E-state index contributed by atoms with van der Waals surface area (Å²) in [6.45, 7) is 2.52. The third-order valence-electron chi connectivity index (χ3n) is 7.26. The fourth-order valence-electron chi connectivity index (χ4n) is 5.18. The molecule has 1 aliphatic heterocycles. The summed E-state index contributed by atoms with van der Waals surface area (Å²) in [4.78, 5) is 28.9. The molecule has 0 atom stereocenters. The van der Waals surface area contributed by atoms with Crippen LogP contribution in [-0.4, -0.2) is 55.5 Å². The molecular weight excluding hydrogens is 528 g/mol. The molecule has 0 spiro atoms. The first-order valence-corrected chi connectivity index (χ1v) is 14.7. The van der Waals surface area contributed by atoms with E-state index in [4.69, 9.17) is 10.5 Å². The molecule has 5 rings (SSSR count). The molecular formula is C30H30N4O5S. The minimum atomic E-state index is -3.26. The number of carbonyl (C=O) groups is 2. The first-order chi connectivity index (χ1) is 19.1. The molecule has 1 aromatic heterocycles. The van der Waals surface area contributed by atoms with Gasteiger partial charge in [-0.2, -0.15) is 4.31 Å². The maximum absolute atomic E-state index is 12.6. The summed E-state index contributed by atoms with van der Waals surface area (Å²) in [6.07, 6.45) is 9.54. The highest BCUT2D eigenvalue weighted by Crippen LogP contribution is 2.41. The fourth-order valence-corrected chi connectivity index (χ4v) is 5.95. The molecule has 0 fully saturated rings. The summed E-state index contributed by atoms with van der Waals surface area (Å²) >= 11 is 0. The van der Waals surface area contributed by atoms with E-state index in [9.17, 15) is 18.0 Å². The van der Waals surface area contributed by atoms with Crippen LogP contribution < -0.4 is 15.8 Å². The Morgan fingerprint density at radius 1 is 1.10 bits per heavy atom. The van der Waals surface area contributed by atoms with Gasteiger partial charge >= 0.3 is 0 Å². The highest BCUT2D eigenvalue weighted by molar-refractivity contribution is 7.88. The number of pyridine rings is 1. The van der Waals surface area contributed by atoms with E-state index in [1.54, 1.807) is 30.6 Å². The van der Waals surface area contributed by atoms with Crippen LogP contribution >= 0.6 is 0 Å². The predicted molar refractivity (Wildman–Crippen MR) is 154 cm³/mol. The van der Waals surface area contributed by atoms with Crippen molar-refractivity contribution in [2.75, 3.05) is 31.3 Å². The van der Waals surface area contributed by atoms with Gasteiger partial charge in [-0.05, 0) is 83.0 Å². The Morgan fingerprint density at radius 2 is 1.93 bits per heavy atom. The topological polar surface area (TPSA) is 132 Å². The second-order valence-corrected chi connectivity index (χ2v) is 11.9. The van der Waals surface area contributed by atoms with Crippen molar-refractivity contribution in [3.8, 4) is 16.9 Å². The molecule has 2 heterocycles. The zero-order chi connectivity index (χ0) is 28.4. The molecule has 3 aromatic rings. The number of rotatable bonds is 8. The number of sulfonamides is 1. The predicted octanol–water partition coefficient (Wildman–Crippen LogP) is 3.70. The van der Waals surface area contributed by atoms with E-state index < -0.39 is 15.9 Å². The zero-order valence-electron chi connectivity index (χ0n) is 22.3. The van der Waals surface area contributed by atoms with Gasteiger partial charge in [0, 0.05) is 30.5 Å². The van der Waals surface area contributed by atoms with Crippen molar-refractivity contribution in [3.05, 3.63) is 94.3 Å². The second kappa shape index (κ2) is 11.1. The van der Waals surface area contributed by atoms with E-state index in [0.717, 1.165) is 39.0 Å². The Kier molecular flexibility index (Phi) is 7.55. The summed E-state index contributed by atoms with van der Waals surface area (Å²) in [5.41, 5.74) is 13.4. The summed E-state index contributed by atoms with van der Waals surface area (Å²) in [7, 11) is -3.26. The van der Waals surface area contributed by atoms with Gasteiger partial charge in [-0.3, -0.25) is 14.6 Å². The number of ether oxygens (including phenoxy) is 1. The minimum absolute atomic E-state index is 0.157. The number of benzene rings is 2. The van der Waals surface area contributed by atoms with Crippen LogP contribution in [-0.2, 0) is 21.2 Å². The van der Waals surface area contributed by atoms with E-state index >= 15 is 0 Å². The van der Waals surface area contributed by atoms with Crippen molar-refractivity contribution >= 4 is 33.6 Å². The van der Waals surface area contributed by atoms with Crippen LogP contribution in [0.4, 0.5) is 5.69 Å². The Labute approximate surface area is 233 Å². The molecule has 0 saturated heterocycles. The number of nitrogens with two attached hydrogens (primary N) is 1. The standard InChI is InChI=1S/C30H30N4O5S/c1-19-23(6-3-7-28(19)33-29(35)18-39-22-5-4-12-32-17-22)24-8-9-25(30(31)36)27-16-21(15-26(24)27)20-10-13-34(14-11-20)40(2,37)38/h3-10,12,15,17H,11,13-14,16,18H2,1-2H3,(H2,31,36)(H,33,35). The Bertz CT molecular complexity index is 1660. The summed E-state index contributed by atoms with van der Waals surface area (Å²) in [5.74, 6) is -0.287. The lowest BCUT2D eigenvalue weighted by Gasteiger charge is -2.24. The van der Waals surface area contributed by atoms with Gasteiger partial charge in [0.15, 0.2) is 6.61 Å². The lowest BCUT2D eigenvalue weighted by atomic mass is 9.90. The normalized spacial score (nSPS) is 15.2. The molecule has 10 heteroatoms. The summed E-state index contributed by atoms with van der Waals surface area (Å²) in [6, 6.07) is 12.8. The third kappa shape index (κ3) is 5.68. The molecule has 40 heavy (non-hydrogen) atoms. The first-order valence-electron chi connectivity index (χ1n) is 12.8. The minimum Gasteiger partial charge on any atom is -0.482 e. The monoisotopic (exact) mass is 558 g/mol. The molecule has 0 radical (unpaired) electrons. The van der Waals surface area contributed by atoms with Crippen LogP contribution in [0.5, 0.6) is 5.75 Å². The van der Waals surface area contributed by atoms with Crippen LogP contribution in [0.1, 0.15) is 33.5 Å². The number of hydrogen-bond donors (Lipinski definition) is 2. The third-order valence-corrected chi connectivity index (χ3v) is 8.53. The number of carbonyl (C=O) groups excluding carboxylic acids is 2. The van der Waals surface area contributed by atoms with Gasteiger partial charge in [-0.25, -0.2) is 8.42 Å². The van der Waals surface area contributed by atoms with Crippen molar-refractivity contribution < 1.29 is 22.7 Å². The van der Waals surface area contributed by atoms with Crippen molar-refractivity contribution in [1.82, 2.24) is 9.29 Å². The molecule has 2 aliphatic rings.